The van der Waals surface area contributed by atoms with Gasteiger partial charge in [-0.05, 0) is 25.0 Å². The standard InChI is InChI=1S/C16H20ClN3O/c1-2-3-10-19-11-12(8-9-17)15-18-13-6-4-5-7-14(13)20(15)16(19)21/h4-7,12H,2-3,8-11H2,1H3. The molecule has 1 aromatic heterocycles. The summed E-state index contributed by atoms with van der Waals surface area (Å²) in [5, 5.41) is 0. The van der Waals surface area contributed by atoms with Crippen LogP contribution in [0.25, 0.3) is 11.0 Å². The van der Waals surface area contributed by atoms with Crippen LogP contribution in [0.15, 0.2) is 24.3 Å². The Hall–Kier alpha value is -1.55. The average molecular weight is 306 g/mol. The van der Waals surface area contributed by atoms with Crippen LogP contribution in [-0.2, 0) is 0 Å². The highest BCUT2D eigenvalue weighted by Crippen LogP contribution is 2.30. The molecular weight excluding hydrogens is 286 g/mol. The third-order valence-corrected chi connectivity index (χ3v) is 4.31. The van der Waals surface area contributed by atoms with E-state index in [1.165, 1.54) is 0 Å². The van der Waals surface area contributed by atoms with Gasteiger partial charge >= 0.3 is 6.03 Å². The minimum absolute atomic E-state index is 0.0537. The summed E-state index contributed by atoms with van der Waals surface area (Å²) in [6, 6.07) is 7.88. The van der Waals surface area contributed by atoms with E-state index in [-0.39, 0.29) is 11.9 Å². The van der Waals surface area contributed by atoms with Gasteiger partial charge in [-0.3, -0.25) is 0 Å². The van der Waals surface area contributed by atoms with Crippen LogP contribution in [-0.4, -0.2) is 39.5 Å². The maximum Gasteiger partial charge on any atom is 0.330 e. The Morgan fingerprint density at radius 1 is 1.38 bits per heavy atom. The number of alkyl halides is 1. The lowest BCUT2D eigenvalue weighted by Gasteiger charge is -2.33. The largest absolute Gasteiger partial charge is 0.330 e. The molecule has 0 saturated carbocycles. The molecule has 1 aromatic carbocycles. The monoisotopic (exact) mass is 305 g/mol. The van der Waals surface area contributed by atoms with E-state index in [9.17, 15) is 4.79 Å². The zero-order chi connectivity index (χ0) is 14.8. The Morgan fingerprint density at radius 3 is 2.95 bits per heavy atom. The number of unbranched alkanes of at least 4 members (excludes halogenated alkanes) is 1. The number of benzene rings is 1. The summed E-state index contributed by atoms with van der Waals surface area (Å²) < 4.78 is 1.78. The average Bonchev–Trinajstić information content (AvgIpc) is 2.89. The number of amides is 1. The van der Waals surface area contributed by atoms with Crippen LogP contribution < -0.4 is 0 Å². The Balaban J connectivity index is 2.05. The Kier molecular flexibility index (Phi) is 4.15. The molecule has 1 aliphatic heterocycles. The predicted octanol–water partition coefficient (Wildman–Crippen LogP) is 3.83. The molecule has 0 saturated heterocycles. The molecule has 21 heavy (non-hydrogen) atoms. The summed E-state index contributed by atoms with van der Waals surface area (Å²) in [7, 11) is 0. The van der Waals surface area contributed by atoms with Crippen LogP contribution in [0.4, 0.5) is 4.79 Å². The molecule has 4 nitrogen and oxygen atoms in total. The molecule has 0 radical (unpaired) electrons. The number of rotatable bonds is 5. The Morgan fingerprint density at radius 2 is 2.19 bits per heavy atom. The molecule has 0 fully saturated rings. The second kappa shape index (κ2) is 6.06. The molecular formula is C16H20ClN3O. The van der Waals surface area contributed by atoms with E-state index < -0.39 is 0 Å². The van der Waals surface area contributed by atoms with Gasteiger partial charge < -0.3 is 4.90 Å². The summed E-state index contributed by atoms with van der Waals surface area (Å²) >= 11 is 5.95. The fourth-order valence-corrected chi connectivity index (χ4v) is 3.24. The predicted molar refractivity (Wildman–Crippen MR) is 85.1 cm³/mol. The van der Waals surface area contributed by atoms with Crippen LogP contribution in [0.2, 0.25) is 0 Å². The first kappa shape index (κ1) is 14.4. The van der Waals surface area contributed by atoms with Gasteiger partial charge in [0.25, 0.3) is 0 Å². The molecule has 5 heteroatoms. The zero-order valence-corrected chi connectivity index (χ0v) is 13.0. The SMILES string of the molecule is CCCCN1CC(CCCl)c2nc3ccccc3n2C1=O. The van der Waals surface area contributed by atoms with Crippen molar-refractivity contribution in [2.24, 2.45) is 0 Å². The summed E-state index contributed by atoms with van der Waals surface area (Å²) in [5.41, 5.74) is 1.79. The first-order valence-electron chi connectivity index (χ1n) is 7.59. The lowest BCUT2D eigenvalue weighted by atomic mass is 10.0. The fourth-order valence-electron chi connectivity index (χ4n) is 2.97. The van der Waals surface area contributed by atoms with E-state index in [0.29, 0.717) is 5.88 Å². The second-order valence-electron chi connectivity index (χ2n) is 5.55. The number of nitrogens with zero attached hydrogens (tertiary/aromatic N) is 3. The quantitative estimate of drug-likeness (QED) is 0.787. The number of para-hydroxylation sites is 2. The van der Waals surface area contributed by atoms with Crippen LogP contribution in [0.1, 0.15) is 37.9 Å². The molecule has 0 spiro atoms. The van der Waals surface area contributed by atoms with Crippen molar-refractivity contribution >= 4 is 28.7 Å². The minimum atomic E-state index is 0.0537. The third kappa shape index (κ3) is 2.53. The molecule has 1 unspecified atom stereocenters. The van der Waals surface area contributed by atoms with E-state index in [2.05, 4.69) is 11.9 Å². The van der Waals surface area contributed by atoms with Gasteiger partial charge in [-0.2, -0.15) is 0 Å². The lowest BCUT2D eigenvalue weighted by Crippen LogP contribution is -2.44. The van der Waals surface area contributed by atoms with E-state index >= 15 is 0 Å². The molecule has 1 amide bonds. The zero-order valence-electron chi connectivity index (χ0n) is 12.3. The van der Waals surface area contributed by atoms with Gasteiger partial charge in [0.15, 0.2) is 0 Å². The summed E-state index contributed by atoms with van der Waals surface area (Å²) in [6.45, 7) is 3.68. The van der Waals surface area contributed by atoms with Crippen molar-refractivity contribution in [3.8, 4) is 0 Å². The topological polar surface area (TPSA) is 38.1 Å². The third-order valence-electron chi connectivity index (χ3n) is 4.09. The molecule has 2 aromatic rings. The van der Waals surface area contributed by atoms with Gasteiger partial charge in [0, 0.05) is 24.9 Å². The van der Waals surface area contributed by atoms with Crippen LogP contribution in [0.3, 0.4) is 0 Å². The van der Waals surface area contributed by atoms with Crippen molar-refractivity contribution in [2.45, 2.75) is 32.1 Å². The fraction of sp³-hybridized carbons (Fsp3) is 0.500. The maximum atomic E-state index is 12.8. The summed E-state index contributed by atoms with van der Waals surface area (Å²) in [6.07, 6.45) is 2.96. The van der Waals surface area contributed by atoms with Crippen molar-refractivity contribution in [1.29, 1.82) is 0 Å². The van der Waals surface area contributed by atoms with E-state index in [1.807, 2.05) is 29.2 Å². The van der Waals surface area contributed by atoms with Gasteiger partial charge in [0.1, 0.15) is 5.82 Å². The summed E-state index contributed by atoms with van der Waals surface area (Å²) in [5.74, 6) is 1.68. The van der Waals surface area contributed by atoms with Crippen molar-refractivity contribution in [3.05, 3.63) is 30.1 Å². The highest BCUT2D eigenvalue weighted by Gasteiger charge is 2.33. The van der Waals surface area contributed by atoms with Gasteiger partial charge in [0.2, 0.25) is 0 Å². The van der Waals surface area contributed by atoms with Crippen molar-refractivity contribution < 1.29 is 4.79 Å². The number of carbonyl (C=O) groups is 1. The molecule has 3 rings (SSSR count). The maximum absolute atomic E-state index is 12.8. The Labute approximate surface area is 129 Å². The number of fused-ring (bicyclic) bond motifs is 3. The molecule has 0 aliphatic carbocycles. The highest BCUT2D eigenvalue weighted by molar-refractivity contribution is 6.17. The molecule has 112 valence electrons. The van der Waals surface area contributed by atoms with Crippen LogP contribution in [0, 0.1) is 0 Å². The molecule has 0 bridgehead atoms. The number of carbonyl (C=O) groups excluding carboxylic acids is 1. The van der Waals surface area contributed by atoms with Gasteiger partial charge in [0.05, 0.1) is 11.0 Å². The van der Waals surface area contributed by atoms with Gasteiger partial charge in [-0.25, -0.2) is 14.3 Å². The minimum Gasteiger partial charge on any atom is -0.323 e. The first-order valence-corrected chi connectivity index (χ1v) is 8.12. The van der Waals surface area contributed by atoms with Crippen LogP contribution >= 0.6 is 11.6 Å². The number of imidazole rings is 1. The summed E-state index contributed by atoms with van der Waals surface area (Å²) in [4.78, 5) is 19.4. The lowest BCUT2D eigenvalue weighted by molar-refractivity contribution is 0.183. The van der Waals surface area contributed by atoms with Crippen molar-refractivity contribution in [1.82, 2.24) is 14.5 Å². The van der Waals surface area contributed by atoms with Gasteiger partial charge in [-0.15, -0.1) is 11.6 Å². The number of aromatic nitrogens is 2. The van der Waals surface area contributed by atoms with E-state index in [1.54, 1.807) is 4.57 Å². The van der Waals surface area contributed by atoms with E-state index in [0.717, 1.165) is 49.2 Å². The van der Waals surface area contributed by atoms with Crippen molar-refractivity contribution in [2.75, 3.05) is 19.0 Å². The number of halogens is 1. The van der Waals surface area contributed by atoms with Gasteiger partial charge in [-0.1, -0.05) is 25.5 Å². The van der Waals surface area contributed by atoms with Crippen LogP contribution in [0.5, 0.6) is 0 Å². The Bertz CT molecular complexity index is 652. The van der Waals surface area contributed by atoms with Crippen molar-refractivity contribution in [3.63, 3.8) is 0 Å². The number of hydrogen-bond acceptors (Lipinski definition) is 2. The van der Waals surface area contributed by atoms with E-state index in [4.69, 9.17) is 11.6 Å². The highest BCUT2D eigenvalue weighted by atomic mass is 35.5. The normalized spacial score (nSPS) is 18.3. The molecule has 2 heterocycles. The second-order valence-corrected chi connectivity index (χ2v) is 5.93. The molecule has 1 aliphatic rings. The first-order chi connectivity index (χ1) is 10.3. The molecule has 1 atom stereocenters. The smallest absolute Gasteiger partial charge is 0.323 e. The molecule has 0 N–H and O–H groups in total. The number of hydrogen-bond donors (Lipinski definition) is 0.